The predicted molar refractivity (Wildman–Crippen MR) is 65.2 cm³/mol. The van der Waals surface area contributed by atoms with Crippen molar-refractivity contribution in [2.75, 3.05) is 13.6 Å². The lowest BCUT2D eigenvalue weighted by Gasteiger charge is -2.11. The summed E-state index contributed by atoms with van der Waals surface area (Å²) in [7, 11) is 1.79. The molecule has 0 fully saturated rings. The summed E-state index contributed by atoms with van der Waals surface area (Å²) in [6.45, 7) is 4.07. The number of likely N-dealkylation sites (N-methyl/N-ethyl adjacent to an activating group) is 1. The third-order valence-corrected chi connectivity index (χ3v) is 2.38. The van der Waals surface area contributed by atoms with E-state index in [0.29, 0.717) is 6.54 Å². The Labute approximate surface area is 97.5 Å². The predicted octanol–water partition coefficient (Wildman–Crippen LogP) is 1.03. The van der Waals surface area contributed by atoms with Crippen molar-refractivity contribution in [2.45, 2.75) is 39.2 Å². The highest BCUT2D eigenvalue weighted by molar-refractivity contribution is 5.87. The van der Waals surface area contributed by atoms with Gasteiger partial charge < -0.3 is 10.6 Å². The quantitative estimate of drug-likeness (QED) is 0.480. The Hall–Kier alpha value is -1.16. The number of hydrogen-bond acceptors (Lipinski definition) is 3. The van der Waals surface area contributed by atoms with Crippen molar-refractivity contribution >= 4 is 11.7 Å². The van der Waals surface area contributed by atoms with Crippen LogP contribution >= 0.6 is 0 Å². The van der Waals surface area contributed by atoms with Crippen LogP contribution in [0, 0.1) is 0 Å². The first-order chi connectivity index (χ1) is 7.61. The number of carbonyl (C=O) groups is 2. The molecule has 0 rings (SSSR count). The maximum absolute atomic E-state index is 11.1. The summed E-state index contributed by atoms with van der Waals surface area (Å²) in [5.41, 5.74) is 0. The number of hydrogen-bond donors (Lipinski definition) is 2. The van der Waals surface area contributed by atoms with Gasteiger partial charge in [-0.15, -0.1) is 0 Å². The normalized spacial score (nSPS) is 12.7. The second-order valence-electron chi connectivity index (χ2n) is 3.74. The van der Waals surface area contributed by atoms with E-state index in [1.165, 1.54) is 6.08 Å². The van der Waals surface area contributed by atoms with Crippen molar-refractivity contribution in [3.8, 4) is 0 Å². The summed E-state index contributed by atoms with van der Waals surface area (Å²) in [5, 5.41) is 5.75. The van der Waals surface area contributed by atoms with Crippen molar-refractivity contribution in [2.24, 2.45) is 0 Å². The molecule has 0 aliphatic carbocycles. The van der Waals surface area contributed by atoms with Crippen LogP contribution in [-0.2, 0) is 9.59 Å². The Morgan fingerprint density at radius 2 is 2.00 bits per heavy atom. The smallest absolute Gasteiger partial charge is 0.243 e. The molecule has 0 heterocycles. The molecule has 4 heteroatoms. The summed E-state index contributed by atoms with van der Waals surface area (Å²) in [4.78, 5) is 22.1. The number of nitrogens with one attached hydrogen (secondary N) is 2. The van der Waals surface area contributed by atoms with Crippen LogP contribution in [0.1, 0.15) is 33.1 Å². The number of ketones is 1. The zero-order valence-corrected chi connectivity index (χ0v) is 10.4. The molecule has 2 N–H and O–H groups in total. The zero-order valence-electron chi connectivity index (χ0n) is 10.4. The molecule has 0 radical (unpaired) electrons. The molecule has 16 heavy (non-hydrogen) atoms. The highest BCUT2D eigenvalue weighted by Crippen LogP contribution is 2.00. The topological polar surface area (TPSA) is 58.2 Å². The average Bonchev–Trinajstić information content (AvgIpc) is 2.23. The molecule has 0 aromatic carbocycles. The molecule has 0 saturated heterocycles. The fraction of sp³-hybridized carbons (Fsp3) is 0.667. The van der Waals surface area contributed by atoms with Gasteiger partial charge in [0.2, 0.25) is 5.91 Å². The second kappa shape index (κ2) is 9.09. The Balaban J connectivity index is 3.53. The Morgan fingerprint density at radius 3 is 2.50 bits per heavy atom. The lowest BCUT2D eigenvalue weighted by molar-refractivity contribution is -0.119. The van der Waals surface area contributed by atoms with E-state index in [1.54, 1.807) is 20.0 Å². The van der Waals surface area contributed by atoms with Gasteiger partial charge in [0.05, 0.1) is 6.04 Å². The minimum absolute atomic E-state index is 0.0498. The van der Waals surface area contributed by atoms with E-state index >= 15 is 0 Å². The van der Waals surface area contributed by atoms with Crippen molar-refractivity contribution < 1.29 is 9.59 Å². The van der Waals surface area contributed by atoms with Gasteiger partial charge >= 0.3 is 0 Å². The molecule has 1 amide bonds. The van der Waals surface area contributed by atoms with Crippen LogP contribution in [0.2, 0.25) is 0 Å². The van der Waals surface area contributed by atoms with Gasteiger partial charge in [-0.1, -0.05) is 6.08 Å². The molecule has 0 spiro atoms. The summed E-state index contributed by atoms with van der Waals surface area (Å²) >= 11 is 0. The van der Waals surface area contributed by atoms with Gasteiger partial charge in [-0.05, 0) is 46.2 Å². The Morgan fingerprint density at radius 1 is 1.31 bits per heavy atom. The number of rotatable bonds is 8. The van der Waals surface area contributed by atoms with Gasteiger partial charge in [0.25, 0.3) is 0 Å². The van der Waals surface area contributed by atoms with Crippen molar-refractivity contribution in [1.29, 1.82) is 0 Å². The molecule has 1 atom stereocenters. The van der Waals surface area contributed by atoms with Crippen LogP contribution in [0.4, 0.5) is 0 Å². The number of amides is 1. The summed E-state index contributed by atoms with van der Waals surface area (Å²) < 4.78 is 0. The Bertz CT molecular complexity index is 249. The van der Waals surface area contributed by atoms with Crippen LogP contribution in [0.15, 0.2) is 12.2 Å². The first kappa shape index (κ1) is 14.8. The largest absolute Gasteiger partial charge is 0.353 e. The fourth-order valence-corrected chi connectivity index (χ4v) is 1.45. The van der Waals surface area contributed by atoms with Gasteiger partial charge in [-0.2, -0.15) is 0 Å². The maximum Gasteiger partial charge on any atom is 0.243 e. The molecule has 4 nitrogen and oxygen atoms in total. The first-order valence-electron chi connectivity index (χ1n) is 5.70. The minimum atomic E-state index is -0.0563. The van der Waals surface area contributed by atoms with E-state index in [2.05, 4.69) is 10.6 Å². The SMILES string of the molecule is C/C=C/C(=O)NCCCCC(NC)C(C)=O. The highest BCUT2D eigenvalue weighted by atomic mass is 16.1. The average molecular weight is 226 g/mol. The van der Waals surface area contributed by atoms with E-state index in [9.17, 15) is 9.59 Å². The van der Waals surface area contributed by atoms with Crippen LogP contribution in [0.25, 0.3) is 0 Å². The van der Waals surface area contributed by atoms with Crippen LogP contribution < -0.4 is 10.6 Å². The lowest BCUT2D eigenvalue weighted by Crippen LogP contribution is -2.32. The maximum atomic E-state index is 11.1. The van der Waals surface area contributed by atoms with E-state index in [0.717, 1.165) is 19.3 Å². The van der Waals surface area contributed by atoms with E-state index in [1.807, 2.05) is 6.92 Å². The molecule has 92 valence electrons. The molecular formula is C12H22N2O2. The molecule has 0 aromatic rings. The van der Waals surface area contributed by atoms with E-state index in [4.69, 9.17) is 0 Å². The molecular weight excluding hydrogens is 204 g/mol. The number of unbranched alkanes of at least 4 members (excludes halogenated alkanes) is 1. The van der Waals surface area contributed by atoms with Gasteiger partial charge in [0.15, 0.2) is 0 Å². The zero-order chi connectivity index (χ0) is 12.4. The monoisotopic (exact) mass is 226 g/mol. The van der Waals surface area contributed by atoms with Crippen LogP contribution in [0.5, 0.6) is 0 Å². The van der Waals surface area contributed by atoms with Crippen molar-refractivity contribution in [3.63, 3.8) is 0 Å². The number of Topliss-reactive ketones (excluding diaryl/α,β-unsaturated/α-hetero) is 1. The summed E-state index contributed by atoms with van der Waals surface area (Å²) in [6.07, 6.45) is 5.87. The molecule has 0 aliphatic heterocycles. The third kappa shape index (κ3) is 7.17. The lowest BCUT2D eigenvalue weighted by atomic mass is 10.1. The molecule has 0 saturated carbocycles. The van der Waals surface area contributed by atoms with Gasteiger partial charge in [-0.25, -0.2) is 0 Å². The minimum Gasteiger partial charge on any atom is -0.353 e. The van der Waals surface area contributed by atoms with Crippen LogP contribution in [-0.4, -0.2) is 31.3 Å². The van der Waals surface area contributed by atoms with Gasteiger partial charge in [-0.3, -0.25) is 9.59 Å². The van der Waals surface area contributed by atoms with Crippen LogP contribution in [0.3, 0.4) is 0 Å². The molecule has 1 unspecified atom stereocenters. The second-order valence-corrected chi connectivity index (χ2v) is 3.74. The number of allylic oxidation sites excluding steroid dienone is 1. The molecule has 0 aromatic heterocycles. The Kier molecular flexibility index (Phi) is 8.43. The van der Waals surface area contributed by atoms with Gasteiger partial charge in [0.1, 0.15) is 5.78 Å². The summed E-state index contributed by atoms with van der Waals surface area (Å²) in [5.74, 6) is 0.111. The molecule has 0 bridgehead atoms. The van der Waals surface area contributed by atoms with E-state index < -0.39 is 0 Å². The van der Waals surface area contributed by atoms with Gasteiger partial charge in [0, 0.05) is 6.54 Å². The summed E-state index contributed by atoms with van der Waals surface area (Å²) in [6, 6.07) is -0.0498. The first-order valence-corrected chi connectivity index (χ1v) is 5.70. The third-order valence-electron chi connectivity index (χ3n) is 2.38. The highest BCUT2D eigenvalue weighted by Gasteiger charge is 2.09. The molecule has 0 aliphatic rings. The number of carbonyl (C=O) groups excluding carboxylic acids is 2. The van der Waals surface area contributed by atoms with Crippen molar-refractivity contribution in [3.05, 3.63) is 12.2 Å². The fourth-order valence-electron chi connectivity index (χ4n) is 1.45. The van der Waals surface area contributed by atoms with E-state index in [-0.39, 0.29) is 17.7 Å². The van der Waals surface area contributed by atoms with Crippen molar-refractivity contribution in [1.82, 2.24) is 10.6 Å². The standard InChI is InChI=1S/C12H22N2O2/c1-4-7-12(16)14-9-6-5-8-11(13-3)10(2)15/h4,7,11,13H,5-6,8-9H2,1-3H3,(H,14,16)/b7-4+.